The van der Waals surface area contributed by atoms with E-state index in [1.54, 1.807) is 0 Å². The van der Waals surface area contributed by atoms with Gasteiger partial charge in [0.15, 0.2) is 0 Å². The van der Waals surface area contributed by atoms with Crippen LogP contribution in [0.4, 0.5) is 0 Å². The van der Waals surface area contributed by atoms with Gasteiger partial charge in [-0.1, -0.05) is 69.3 Å². The lowest BCUT2D eigenvalue weighted by molar-refractivity contribution is 0.0953. The molecule has 0 aromatic heterocycles. The van der Waals surface area contributed by atoms with Crippen molar-refractivity contribution in [1.82, 2.24) is 0 Å². The van der Waals surface area contributed by atoms with Gasteiger partial charge in [0.25, 0.3) is 0 Å². The molecule has 1 N–H and O–H groups in total. The number of hydrogen-bond acceptors (Lipinski definition) is 1. The molecule has 2 aliphatic rings. The van der Waals surface area contributed by atoms with Crippen LogP contribution in [0, 0.1) is 22.7 Å². The van der Waals surface area contributed by atoms with Crippen LogP contribution in [-0.2, 0) is 0 Å². The van der Waals surface area contributed by atoms with Crippen LogP contribution in [0.15, 0.2) is 54.6 Å². The third-order valence-corrected chi connectivity index (χ3v) is 8.01. The van der Waals surface area contributed by atoms with Crippen molar-refractivity contribution in [2.24, 2.45) is 22.7 Å². The van der Waals surface area contributed by atoms with Crippen molar-refractivity contribution in [2.45, 2.75) is 52.4 Å². The van der Waals surface area contributed by atoms with E-state index in [0.717, 1.165) is 23.8 Å². The second kappa shape index (κ2) is 5.90. The first-order valence-electron chi connectivity index (χ1n) is 9.76. The van der Waals surface area contributed by atoms with Gasteiger partial charge in [0.2, 0.25) is 0 Å². The van der Waals surface area contributed by atoms with Gasteiger partial charge in [-0.05, 0) is 60.0 Å². The lowest BCUT2D eigenvalue weighted by Gasteiger charge is -2.41. The summed E-state index contributed by atoms with van der Waals surface area (Å²) in [6.45, 7) is 7.50. The second-order valence-corrected chi connectivity index (χ2v) is 9.07. The lowest BCUT2D eigenvalue weighted by Crippen LogP contribution is -2.33. The largest absolute Gasteiger partial charge is 0.508 e. The number of phenols is 1. The number of benzene rings is 2. The summed E-state index contributed by atoms with van der Waals surface area (Å²) in [5.41, 5.74) is 3.28. The van der Waals surface area contributed by atoms with Gasteiger partial charge in [-0.2, -0.15) is 0 Å². The maximum atomic E-state index is 10.5. The zero-order valence-electron chi connectivity index (χ0n) is 15.7. The maximum Gasteiger partial charge on any atom is 0.119 e. The Morgan fingerprint density at radius 1 is 1.00 bits per heavy atom. The van der Waals surface area contributed by atoms with Crippen LogP contribution in [0.1, 0.15) is 63.5 Å². The number of hydrogen-bond donors (Lipinski definition) is 1. The summed E-state index contributed by atoms with van der Waals surface area (Å²) in [7, 11) is 0. The van der Waals surface area contributed by atoms with Crippen LogP contribution in [0.5, 0.6) is 5.75 Å². The SMILES string of the molecule is CC1(C)C2CCC1(C)C(CC(c1ccccc1)c1ccccc1O)C2. The van der Waals surface area contributed by atoms with Crippen molar-refractivity contribution in [3.8, 4) is 5.75 Å². The summed E-state index contributed by atoms with van der Waals surface area (Å²) in [4.78, 5) is 0. The van der Waals surface area contributed by atoms with E-state index in [1.165, 1.54) is 24.8 Å². The van der Waals surface area contributed by atoms with Gasteiger partial charge in [0.05, 0.1) is 0 Å². The minimum atomic E-state index is 0.277. The normalized spacial score (nSPS) is 31.2. The maximum absolute atomic E-state index is 10.5. The molecule has 0 heterocycles. The fourth-order valence-electron chi connectivity index (χ4n) is 5.92. The highest BCUT2D eigenvalue weighted by atomic mass is 16.3. The molecule has 0 saturated heterocycles. The first-order valence-corrected chi connectivity index (χ1v) is 9.76. The van der Waals surface area contributed by atoms with Crippen LogP contribution in [0.25, 0.3) is 0 Å². The number of fused-ring (bicyclic) bond motifs is 2. The van der Waals surface area contributed by atoms with Crippen LogP contribution < -0.4 is 0 Å². The highest BCUT2D eigenvalue weighted by molar-refractivity contribution is 5.41. The average molecular weight is 335 g/mol. The summed E-state index contributed by atoms with van der Waals surface area (Å²) in [5.74, 6) is 2.30. The molecule has 1 nitrogen and oxygen atoms in total. The van der Waals surface area contributed by atoms with E-state index in [1.807, 2.05) is 12.1 Å². The molecule has 132 valence electrons. The molecule has 2 aromatic carbocycles. The van der Waals surface area contributed by atoms with Gasteiger partial charge in [-0.15, -0.1) is 0 Å². The standard InChI is InChI=1S/C24H30O/c1-23(2)18-13-14-24(23,3)19(15-18)16-21(17-9-5-4-6-10-17)20-11-7-8-12-22(20)25/h4-12,18-19,21,25H,13-16H2,1-3H3. The lowest BCUT2D eigenvalue weighted by atomic mass is 9.64. The number of rotatable bonds is 4. The summed E-state index contributed by atoms with van der Waals surface area (Å²) >= 11 is 0. The number of aromatic hydroxyl groups is 1. The zero-order chi connectivity index (χ0) is 17.7. The molecule has 25 heavy (non-hydrogen) atoms. The van der Waals surface area contributed by atoms with E-state index in [2.05, 4.69) is 63.2 Å². The summed E-state index contributed by atoms with van der Waals surface area (Å²) in [6, 6.07) is 18.7. The smallest absolute Gasteiger partial charge is 0.119 e. The molecular formula is C24H30O. The molecule has 0 aliphatic heterocycles. The van der Waals surface area contributed by atoms with Crippen LogP contribution >= 0.6 is 0 Å². The monoisotopic (exact) mass is 334 g/mol. The molecule has 0 amide bonds. The van der Waals surface area contributed by atoms with Crippen LogP contribution in [0.2, 0.25) is 0 Å². The predicted molar refractivity (Wildman–Crippen MR) is 104 cm³/mol. The van der Waals surface area contributed by atoms with E-state index < -0.39 is 0 Å². The summed E-state index contributed by atoms with van der Waals surface area (Å²) in [5, 5.41) is 10.5. The highest BCUT2D eigenvalue weighted by Crippen LogP contribution is 2.69. The Balaban J connectivity index is 1.70. The molecule has 2 fully saturated rings. The van der Waals surface area contributed by atoms with Gasteiger partial charge in [0.1, 0.15) is 5.75 Å². The fraction of sp³-hybridized carbons (Fsp3) is 0.500. The van der Waals surface area contributed by atoms with E-state index in [9.17, 15) is 5.11 Å². The van der Waals surface area contributed by atoms with Crippen molar-refractivity contribution in [1.29, 1.82) is 0 Å². The van der Waals surface area contributed by atoms with Gasteiger partial charge in [-0.3, -0.25) is 0 Å². The molecule has 4 rings (SSSR count). The van der Waals surface area contributed by atoms with E-state index in [-0.39, 0.29) is 5.92 Å². The Hall–Kier alpha value is -1.76. The Morgan fingerprint density at radius 3 is 2.28 bits per heavy atom. The predicted octanol–water partition coefficient (Wildman–Crippen LogP) is 6.38. The molecule has 2 bridgehead atoms. The van der Waals surface area contributed by atoms with Crippen molar-refractivity contribution >= 4 is 0 Å². The van der Waals surface area contributed by atoms with Crippen molar-refractivity contribution in [2.75, 3.05) is 0 Å². The molecule has 2 saturated carbocycles. The van der Waals surface area contributed by atoms with Gasteiger partial charge in [0, 0.05) is 11.5 Å². The molecule has 1 heteroatoms. The molecule has 4 atom stereocenters. The summed E-state index contributed by atoms with van der Waals surface area (Å²) < 4.78 is 0. The minimum Gasteiger partial charge on any atom is -0.508 e. The first kappa shape index (κ1) is 16.7. The van der Waals surface area contributed by atoms with Crippen molar-refractivity contribution in [3.05, 3.63) is 65.7 Å². The van der Waals surface area contributed by atoms with Gasteiger partial charge >= 0.3 is 0 Å². The Morgan fingerprint density at radius 2 is 1.68 bits per heavy atom. The molecule has 0 spiro atoms. The molecule has 4 unspecified atom stereocenters. The highest BCUT2D eigenvalue weighted by Gasteiger charge is 2.61. The Labute approximate surface area is 152 Å². The number of phenolic OH excluding ortho intramolecular Hbond substituents is 1. The quantitative estimate of drug-likeness (QED) is 0.688. The molecular weight excluding hydrogens is 304 g/mol. The van der Waals surface area contributed by atoms with E-state index in [4.69, 9.17) is 0 Å². The van der Waals surface area contributed by atoms with Gasteiger partial charge < -0.3 is 5.11 Å². The Bertz CT molecular complexity index is 748. The molecule has 2 aromatic rings. The third kappa shape index (κ3) is 2.51. The minimum absolute atomic E-state index is 0.277. The van der Waals surface area contributed by atoms with Crippen molar-refractivity contribution in [3.63, 3.8) is 0 Å². The topological polar surface area (TPSA) is 20.2 Å². The molecule has 2 aliphatic carbocycles. The molecule has 0 radical (unpaired) electrons. The first-order chi connectivity index (χ1) is 11.9. The third-order valence-electron chi connectivity index (χ3n) is 8.01. The van der Waals surface area contributed by atoms with E-state index in [0.29, 0.717) is 16.6 Å². The van der Waals surface area contributed by atoms with Gasteiger partial charge in [-0.25, -0.2) is 0 Å². The van der Waals surface area contributed by atoms with E-state index >= 15 is 0 Å². The second-order valence-electron chi connectivity index (χ2n) is 9.07. The van der Waals surface area contributed by atoms with Crippen LogP contribution in [0.3, 0.4) is 0 Å². The fourth-order valence-corrected chi connectivity index (χ4v) is 5.92. The zero-order valence-corrected chi connectivity index (χ0v) is 15.7. The summed E-state index contributed by atoms with van der Waals surface area (Å²) in [6.07, 6.45) is 5.24. The van der Waals surface area contributed by atoms with Crippen molar-refractivity contribution < 1.29 is 5.11 Å². The number of para-hydroxylation sites is 1. The van der Waals surface area contributed by atoms with Crippen LogP contribution in [-0.4, -0.2) is 5.11 Å². The average Bonchev–Trinajstić information content (AvgIpc) is 2.94. The Kier molecular flexibility index (Phi) is 3.94.